The summed E-state index contributed by atoms with van der Waals surface area (Å²) in [5, 5.41) is 4.77. The fraction of sp³-hybridized carbons (Fsp3) is 0.643. The predicted octanol–water partition coefficient (Wildman–Crippen LogP) is 3.59. The van der Waals surface area contributed by atoms with Crippen LogP contribution in [0.4, 0.5) is 0 Å². The van der Waals surface area contributed by atoms with E-state index < -0.39 is 0 Å². The Morgan fingerprint density at radius 1 is 1.35 bits per heavy atom. The van der Waals surface area contributed by atoms with Crippen LogP contribution >= 0.6 is 11.8 Å². The standard InChI is InChI=1S/C14H24N2S/c1-4-9-15-13(12(3)5-2)11-17-14-8-6-7-10-16-14/h6-8,10,12-13,15H,4-5,9,11H2,1-3H3. The molecule has 0 fully saturated rings. The molecule has 1 N–H and O–H groups in total. The maximum atomic E-state index is 4.35. The van der Waals surface area contributed by atoms with Gasteiger partial charge in [-0.15, -0.1) is 11.8 Å². The molecule has 0 aliphatic rings. The number of rotatable bonds is 8. The second-order valence-electron chi connectivity index (χ2n) is 4.43. The molecule has 0 aromatic carbocycles. The lowest BCUT2D eigenvalue weighted by Crippen LogP contribution is -2.37. The van der Waals surface area contributed by atoms with Crippen LogP contribution in [0.3, 0.4) is 0 Å². The Bertz CT molecular complexity index is 290. The quantitative estimate of drug-likeness (QED) is 0.716. The van der Waals surface area contributed by atoms with Crippen LogP contribution in [0, 0.1) is 5.92 Å². The maximum absolute atomic E-state index is 4.35. The number of pyridine rings is 1. The van der Waals surface area contributed by atoms with Crippen LogP contribution < -0.4 is 5.32 Å². The molecule has 2 nitrogen and oxygen atoms in total. The molecule has 0 saturated heterocycles. The number of thioether (sulfide) groups is 1. The molecule has 1 aromatic rings. The van der Waals surface area contributed by atoms with Gasteiger partial charge in [-0.25, -0.2) is 4.98 Å². The van der Waals surface area contributed by atoms with Gasteiger partial charge in [-0.2, -0.15) is 0 Å². The Kier molecular flexibility index (Phi) is 7.29. The summed E-state index contributed by atoms with van der Waals surface area (Å²) in [4.78, 5) is 4.35. The van der Waals surface area contributed by atoms with Gasteiger partial charge in [0.15, 0.2) is 0 Å². The molecule has 17 heavy (non-hydrogen) atoms. The first kappa shape index (κ1) is 14.5. The fourth-order valence-electron chi connectivity index (χ4n) is 1.65. The van der Waals surface area contributed by atoms with Crippen molar-refractivity contribution in [1.82, 2.24) is 10.3 Å². The van der Waals surface area contributed by atoms with Gasteiger partial charge < -0.3 is 5.32 Å². The monoisotopic (exact) mass is 252 g/mol. The van der Waals surface area contributed by atoms with Gasteiger partial charge in [-0.05, 0) is 31.0 Å². The number of nitrogens with zero attached hydrogens (tertiary/aromatic N) is 1. The second-order valence-corrected chi connectivity index (χ2v) is 5.47. The van der Waals surface area contributed by atoms with Crippen molar-refractivity contribution >= 4 is 11.8 Å². The SMILES string of the molecule is CCCNC(CSc1ccccn1)C(C)CC. The Morgan fingerprint density at radius 3 is 2.76 bits per heavy atom. The van der Waals surface area contributed by atoms with Gasteiger partial charge in [0.05, 0.1) is 5.03 Å². The molecule has 0 amide bonds. The van der Waals surface area contributed by atoms with Crippen molar-refractivity contribution in [2.24, 2.45) is 5.92 Å². The predicted molar refractivity (Wildman–Crippen MR) is 76.5 cm³/mol. The van der Waals surface area contributed by atoms with Crippen molar-refractivity contribution in [2.75, 3.05) is 12.3 Å². The van der Waals surface area contributed by atoms with E-state index in [0.717, 1.165) is 23.2 Å². The van der Waals surface area contributed by atoms with E-state index >= 15 is 0 Å². The van der Waals surface area contributed by atoms with Crippen molar-refractivity contribution in [3.63, 3.8) is 0 Å². The van der Waals surface area contributed by atoms with Crippen molar-refractivity contribution in [3.05, 3.63) is 24.4 Å². The number of hydrogen-bond acceptors (Lipinski definition) is 3. The first-order chi connectivity index (χ1) is 8.27. The van der Waals surface area contributed by atoms with E-state index in [-0.39, 0.29) is 0 Å². The lowest BCUT2D eigenvalue weighted by molar-refractivity contribution is 0.397. The molecule has 2 unspecified atom stereocenters. The fourth-order valence-corrected chi connectivity index (χ4v) is 2.75. The molecule has 0 spiro atoms. The smallest absolute Gasteiger partial charge is 0.0960 e. The highest BCUT2D eigenvalue weighted by molar-refractivity contribution is 7.99. The van der Waals surface area contributed by atoms with E-state index in [1.54, 1.807) is 0 Å². The molecule has 0 aliphatic carbocycles. The van der Waals surface area contributed by atoms with Crippen LogP contribution in [0.25, 0.3) is 0 Å². The largest absolute Gasteiger partial charge is 0.313 e. The molecule has 3 heteroatoms. The zero-order valence-corrected chi connectivity index (χ0v) is 12.0. The van der Waals surface area contributed by atoms with Crippen molar-refractivity contribution in [1.29, 1.82) is 0 Å². The minimum Gasteiger partial charge on any atom is -0.313 e. The number of nitrogens with one attached hydrogen (secondary N) is 1. The highest BCUT2D eigenvalue weighted by Crippen LogP contribution is 2.19. The topological polar surface area (TPSA) is 24.9 Å². The Morgan fingerprint density at radius 2 is 2.18 bits per heavy atom. The van der Waals surface area contributed by atoms with Crippen LogP contribution in [0.2, 0.25) is 0 Å². The molecule has 96 valence electrons. The highest BCUT2D eigenvalue weighted by Gasteiger charge is 2.15. The van der Waals surface area contributed by atoms with Gasteiger partial charge >= 0.3 is 0 Å². The summed E-state index contributed by atoms with van der Waals surface area (Å²) in [5.74, 6) is 1.82. The van der Waals surface area contributed by atoms with Gasteiger partial charge in [-0.3, -0.25) is 0 Å². The molecular weight excluding hydrogens is 228 g/mol. The molecule has 1 aromatic heterocycles. The normalized spacial score (nSPS) is 14.5. The summed E-state index contributed by atoms with van der Waals surface area (Å²) in [7, 11) is 0. The Balaban J connectivity index is 2.43. The third-order valence-corrected chi connectivity index (χ3v) is 4.10. The maximum Gasteiger partial charge on any atom is 0.0960 e. The average molecular weight is 252 g/mol. The second kappa shape index (κ2) is 8.54. The minimum absolute atomic E-state index is 0.590. The lowest BCUT2D eigenvalue weighted by atomic mass is 10.0. The van der Waals surface area contributed by atoms with Gasteiger partial charge in [0.2, 0.25) is 0 Å². The van der Waals surface area contributed by atoms with Crippen LogP contribution in [-0.4, -0.2) is 23.3 Å². The third kappa shape index (κ3) is 5.55. The minimum atomic E-state index is 0.590. The van der Waals surface area contributed by atoms with Crippen molar-refractivity contribution < 1.29 is 0 Å². The van der Waals surface area contributed by atoms with Crippen LogP contribution in [0.1, 0.15) is 33.6 Å². The van der Waals surface area contributed by atoms with Crippen LogP contribution in [0.15, 0.2) is 29.4 Å². The molecular formula is C14H24N2S. The van der Waals surface area contributed by atoms with Crippen LogP contribution in [0.5, 0.6) is 0 Å². The zero-order chi connectivity index (χ0) is 12.5. The average Bonchev–Trinajstić information content (AvgIpc) is 2.39. The van der Waals surface area contributed by atoms with Crippen LogP contribution in [-0.2, 0) is 0 Å². The Hall–Kier alpha value is -0.540. The summed E-state index contributed by atoms with van der Waals surface area (Å²) in [6.07, 6.45) is 4.28. The molecule has 2 atom stereocenters. The van der Waals surface area contributed by atoms with Gasteiger partial charge in [0, 0.05) is 18.0 Å². The lowest BCUT2D eigenvalue weighted by Gasteiger charge is -2.23. The van der Waals surface area contributed by atoms with E-state index in [1.165, 1.54) is 12.8 Å². The molecule has 0 bridgehead atoms. The van der Waals surface area contributed by atoms with E-state index in [1.807, 2.05) is 30.1 Å². The summed E-state index contributed by atoms with van der Waals surface area (Å²) >= 11 is 1.85. The zero-order valence-electron chi connectivity index (χ0n) is 11.1. The van der Waals surface area contributed by atoms with E-state index in [2.05, 4.69) is 37.1 Å². The van der Waals surface area contributed by atoms with Gasteiger partial charge in [-0.1, -0.05) is 33.3 Å². The van der Waals surface area contributed by atoms with Crippen molar-refractivity contribution in [2.45, 2.75) is 44.7 Å². The number of aromatic nitrogens is 1. The summed E-state index contributed by atoms with van der Waals surface area (Å²) < 4.78 is 0. The summed E-state index contributed by atoms with van der Waals surface area (Å²) in [5.41, 5.74) is 0. The van der Waals surface area contributed by atoms with E-state index in [9.17, 15) is 0 Å². The highest BCUT2D eigenvalue weighted by atomic mass is 32.2. The molecule has 1 heterocycles. The molecule has 1 rings (SSSR count). The van der Waals surface area contributed by atoms with E-state index in [4.69, 9.17) is 0 Å². The van der Waals surface area contributed by atoms with Gasteiger partial charge in [0.25, 0.3) is 0 Å². The first-order valence-corrected chi connectivity index (χ1v) is 7.53. The molecule has 0 aliphatic heterocycles. The summed E-state index contributed by atoms with van der Waals surface area (Å²) in [6.45, 7) is 7.91. The van der Waals surface area contributed by atoms with E-state index in [0.29, 0.717) is 6.04 Å². The van der Waals surface area contributed by atoms with Gasteiger partial charge in [0.1, 0.15) is 0 Å². The number of hydrogen-bond donors (Lipinski definition) is 1. The molecule has 0 radical (unpaired) electrons. The Labute approximate surface area is 110 Å². The third-order valence-electron chi connectivity index (χ3n) is 3.04. The van der Waals surface area contributed by atoms with Crippen molar-refractivity contribution in [3.8, 4) is 0 Å². The summed E-state index contributed by atoms with van der Waals surface area (Å²) in [6, 6.07) is 6.68. The molecule has 0 saturated carbocycles. The first-order valence-electron chi connectivity index (χ1n) is 6.55.